The second-order valence-electron chi connectivity index (χ2n) is 11.7. The van der Waals surface area contributed by atoms with E-state index in [-0.39, 0.29) is 16.7 Å². The van der Waals surface area contributed by atoms with Crippen molar-refractivity contribution in [3.63, 3.8) is 0 Å². The number of methoxy groups -OCH3 is 1. The first-order valence-electron chi connectivity index (χ1n) is 15.3. The Morgan fingerprint density at radius 2 is 1.80 bits per heavy atom. The van der Waals surface area contributed by atoms with E-state index in [1.165, 1.54) is 23.7 Å². The number of likely N-dealkylation sites (tertiary alicyclic amines) is 1. The lowest BCUT2D eigenvalue weighted by Gasteiger charge is -2.48. The second-order valence-corrected chi connectivity index (χ2v) is 13.9. The number of piperazine rings is 1. The highest BCUT2D eigenvalue weighted by molar-refractivity contribution is 7.92. The van der Waals surface area contributed by atoms with Crippen molar-refractivity contribution in [2.24, 2.45) is 0 Å². The molecule has 0 N–H and O–H groups in total. The monoisotopic (exact) mass is 651 g/mol. The Balaban J connectivity index is 1.48. The number of fused-ring (bicyclic) bond motifs is 1. The van der Waals surface area contributed by atoms with Gasteiger partial charge in [0.05, 0.1) is 49.3 Å². The number of ether oxygens (including phenoxy) is 2. The number of pyridine rings is 2. The molecule has 0 saturated carbocycles. The van der Waals surface area contributed by atoms with Gasteiger partial charge in [-0.1, -0.05) is 11.6 Å². The van der Waals surface area contributed by atoms with Gasteiger partial charge in [-0.05, 0) is 69.3 Å². The van der Waals surface area contributed by atoms with Crippen LogP contribution in [0.25, 0.3) is 0 Å². The molecule has 13 heteroatoms. The molecule has 2 saturated heterocycles. The van der Waals surface area contributed by atoms with Crippen molar-refractivity contribution in [3.05, 3.63) is 70.5 Å². The lowest BCUT2D eigenvalue weighted by Crippen LogP contribution is -2.57. The minimum Gasteiger partial charge on any atom is -0.495 e. The van der Waals surface area contributed by atoms with Crippen LogP contribution in [0.4, 0.5) is 5.69 Å². The summed E-state index contributed by atoms with van der Waals surface area (Å²) >= 11 is 6.38. The zero-order valence-electron chi connectivity index (χ0n) is 25.8. The summed E-state index contributed by atoms with van der Waals surface area (Å²) in [6, 6.07) is 14.5. The quantitative estimate of drug-likeness (QED) is 0.335. The number of halogens is 1. The third-order valence-corrected chi connectivity index (χ3v) is 11.2. The number of nitrogens with zero attached hydrogens (tertiary/aromatic N) is 7. The van der Waals surface area contributed by atoms with Gasteiger partial charge in [-0.15, -0.1) is 0 Å². The van der Waals surface area contributed by atoms with Crippen LogP contribution in [0.3, 0.4) is 0 Å². The maximum Gasteiger partial charge on any atom is 0.281 e. The minimum atomic E-state index is -4.12. The van der Waals surface area contributed by atoms with E-state index >= 15 is 0 Å². The maximum atomic E-state index is 14.4. The van der Waals surface area contributed by atoms with E-state index in [0.29, 0.717) is 46.7 Å². The van der Waals surface area contributed by atoms with Crippen molar-refractivity contribution in [1.82, 2.24) is 24.7 Å². The van der Waals surface area contributed by atoms with Gasteiger partial charge in [-0.3, -0.25) is 14.1 Å². The fourth-order valence-electron chi connectivity index (χ4n) is 6.95. The molecule has 11 nitrogen and oxygen atoms in total. The summed E-state index contributed by atoms with van der Waals surface area (Å²) in [4.78, 5) is 16.1. The van der Waals surface area contributed by atoms with Crippen molar-refractivity contribution in [2.75, 3.05) is 70.9 Å². The van der Waals surface area contributed by atoms with E-state index in [4.69, 9.17) is 21.1 Å². The molecule has 0 radical (unpaired) electrons. The summed E-state index contributed by atoms with van der Waals surface area (Å²) in [5.41, 5.74) is 1.35. The molecule has 1 atom stereocenters. The van der Waals surface area contributed by atoms with E-state index in [2.05, 4.69) is 37.8 Å². The molecule has 3 aliphatic heterocycles. The minimum absolute atomic E-state index is 0.0514. The summed E-state index contributed by atoms with van der Waals surface area (Å²) in [6.45, 7) is 7.90. The highest BCUT2D eigenvalue weighted by Gasteiger charge is 2.54. The molecule has 0 aliphatic carbocycles. The zero-order chi connectivity index (χ0) is 31.8. The number of likely N-dealkylation sites (N-methyl/N-ethyl adjacent to an activating group) is 1. The molecule has 5 heterocycles. The first-order valence-corrected chi connectivity index (χ1v) is 17.1. The molecule has 0 spiro atoms. The van der Waals surface area contributed by atoms with Crippen LogP contribution in [-0.4, -0.2) is 106 Å². The first-order chi connectivity index (χ1) is 21.7. The molecule has 2 fully saturated rings. The van der Waals surface area contributed by atoms with E-state index < -0.39 is 15.6 Å². The lowest BCUT2D eigenvalue weighted by atomic mass is 9.81. The molecule has 6 rings (SSSR count). The molecule has 0 amide bonds. The first kappa shape index (κ1) is 31.5. The van der Waals surface area contributed by atoms with Crippen molar-refractivity contribution >= 4 is 27.3 Å². The maximum absolute atomic E-state index is 14.4. The van der Waals surface area contributed by atoms with Crippen LogP contribution in [0.15, 0.2) is 53.7 Å². The molecule has 1 unspecified atom stereocenters. The van der Waals surface area contributed by atoms with Gasteiger partial charge >= 0.3 is 0 Å². The van der Waals surface area contributed by atoms with Gasteiger partial charge in [0.1, 0.15) is 10.9 Å². The normalized spacial score (nSPS) is 21.8. The van der Waals surface area contributed by atoms with Crippen LogP contribution >= 0.6 is 11.6 Å². The van der Waals surface area contributed by atoms with Crippen LogP contribution in [0.5, 0.6) is 11.6 Å². The van der Waals surface area contributed by atoms with Gasteiger partial charge in [-0.25, -0.2) is 9.97 Å². The standard InChI is InChI=1S/C32H38ClN7O4S/c1-4-44-31-26(7-9-29(33)36-31)32(39-13-11-24(12-14-39)38-17-15-37(2)16-18-38)22-40(28-8-5-23(20-34)19-27(28)32)45(41,42)30-10-6-25(43-3)21-35-30/h5-10,19,21,24H,4,11-18,22H2,1-3H3. The molecule has 3 aromatic rings. The van der Waals surface area contributed by atoms with Crippen LogP contribution in [0, 0.1) is 11.3 Å². The Bertz CT molecular complexity index is 1680. The molecule has 1 aromatic carbocycles. The Labute approximate surface area is 270 Å². The number of piperidine rings is 1. The van der Waals surface area contributed by atoms with E-state index in [1.807, 2.05) is 19.1 Å². The third kappa shape index (κ3) is 5.72. The van der Waals surface area contributed by atoms with Gasteiger partial charge in [0.2, 0.25) is 5.88 Å². The predicted molar refractivity (Wildman–Crippen MR) is 171 cm³/mol. The van der Waals surface area contributed by atoms with E-state index in [0.717, 1.165) is 52.1 Å². The lowest BCUT2D eigenvalue weighted by molar-refractivity contribution is 0.0353. The van der Waals surface area contributed by atoms with Gasteiger partial charge in [0.25, 0.3) is 10.0 Å². The summed E-state index contributed by atoms with van der Waals surface area (Å²) in [5, 5.41) is 10.1. The third-order valence-electron chi connectivity index (χ3n) is 9.32. The Hall–Kier alpha value is -3.47. The summed E-state index contributed by atoms with van der Waals surface area (Å²) in [7, 11) is -0.457. The molecule has 238 valence electrons. The number of anilines is 1. The fourth-order valence-corrected chi connectivity index (χ4v) is 8.52. The van der Waals surface area contributed by atoms with Crippen molar-refractivity contribution in [2.45, 2.75) is 36.4 Å². The summed E-state index contributed by atoms with van der Waals surface area (Å²) in [5.74, 6) is 0.807. The highest BCUT2D eigenvalue weighted by Crippen LogP contribution is 2.52. The number of aromatic nitrogens is 2. The molecule has 2 aromatic heterocycles. The van der Waals surface area contributed by atoms with Crippen LogP contribution in [0.2, 0.25) is 5.15 Å². The van der Waals surface area contributed by atoms with Crippen LogP contribution in [0.1, 0.15) is 36.5 Å². The average Bonchev–Trinajstić information content (AvgIpc) is 3.41. The fraction of sp³-hybridized carbons (Fsp3) is 0.469. The van der Waals surface area contributed by atoms with Crippen molar-refractivity contribution < 1.29 is 17.9 Å². The largest absolute Gasteiger partial charge is 0.495 e. The molecular formula is C32H38ClN7O4S. The Morgan fingerprint density at radius 3 is 2.44 bits per heavy atom. The van der Waals surface area contributed by atoms with Gasteiger partial charge in [-0.2, -0.15) is 13.7 Å². The SMILES string of the molecule is CCOc1nc(Cl)ccc1C1(N2CCC(N3CCN(C)CC3)CC2)CN(S(=O)(=O)c2ccc(OC)cn2)c2ccc(C#N)cc21. The van der Waals surface area contributed by atoms with E-state index in [9.17, 15) is 13.7 Å². The van der Waals surface area contributed by atoms with Gasteiger partial charge in [0.15, 0.2) is 5.03 Å². The summed E-state index contributed by atoms with van der Waals surface area (Å²) < 4.78 is 41.4. The number of hydrogen-bond acceptors (Lipinski definition) is 10. The van der Waals surface area contributed by atoms with Gasteiger partial charge < -0.3 is 14.4 Å². The summed E-state index contributed by atoms with van der Waals surface area (Å²) in [6.07, 6.45) is 3.25. The Morgan fingerprint density at radius 1 is 1.04 bits per heavy atom. The second kappa shape index (κ2) is 12.7. The van der Waals surface area contributed by atoms with Crippen LogP contribution in [-0.2, 0) is 15.6 Å². The topological polar surface area (TPSA) is 115 Å². The Kier molecular flexibility index (Phi) is 8.91. The molecule has 45 heavy (non-hydrogen) atoms. The van der Waals surface area contributed by atoms with Crippen molar-refractivity contribution in [3.8, 4) is 17.7 Å². The highest BCUT2D eigenvalue weighted by atomic mass is 35.5. The average molecular weight is 652 g/mol. The molecule has 3 aliphatic rings. The number of sulfonamides is 1. The number of nitriles is 1. The number of benzene rings is 1. The van der Waals surface area contributed by atoms with Crippen LogP contribution < -0.4 is 13.8 Å². The van der Waals surface area contributed by atoms with E-state index in [1.54, 1.807) is 24.3 Å². The number of rotatable bonds is 8. The van der Waals surface area contributed by atoms with Crippen molar-refractivity contribution in [1.29, 1.82) is 5.26 Å². The number of hydrogen-bond donors (Lipinski definition) is 0. The van der Waals surface area contributed by atoms with Gasteiger partial charge in [0, 0.05) is 56.4 Å². The molecule has 0 bridgehead atoms. The zero-order valence-corrected chi connectivity index (χ0v) is 27.4. The molecular weight excluding hydrogens is 614 g/mol. The predicted octanol–water partition coefficient (Wildman–Crippen LogP) is 3.57. The smallest absolute Gasteiger partial charge is 0.281 e.